The zero-order valence-corrected chi connectivity index (χ0v) is 11.7. The molecule has 2 heteroatoms. The normalized spacial score (nSPS) is 19.5. The maximum Gasteiger partial charge on any atom is 0.128 e. The summed E-state index contributed by atoms with van der Waals surface area (Å²) in [6, 6.07) is 10.6. The molecule has 0 unspecified atom stereocenters. The van der Waals surface area contributed by atoms with Crippen molar-refractivity contribution in [3.05, 3.63) is 35.9 Å². The highest BCUT2D eigenvalue weighted by Gasteiger charge is 2.29. The van der Waals surface area contributed by atoms with Crippen LogP contribution in [0.3, 0.4) is 0 Å². The second kappa shape index (κ2) is 5.13. The lowest BCUT2D eigenvalue weighted by atomic mass is 9.75. The highest BCUT2D eigenvalue weighted by Crippen LogP contribution is 2.36. The summed E-state index contributed by atoms with van der Waals surface area (Å²) in [5.41, 5.74) is 1.51. The smallest absolute Gasteiger partial charge is 0.128 e. The summed E-state index contributed by atoms with van der Waals surface area (Å²) in [6.45, 7) is 4.71. The van der Waals surface area contributed by atoms with Crippen LogP contribution in [0.2, 0.25) is 0 Å². The van der Waals surface area contributed by atoms with E-state index in [0.717, 1.165) is 5.56 Å². The SMILES string of the molecule is CN(C(=N)c1ccccc1)C1CCC(C)(C)CC1. The summed E-state index contributed by atoms with van der Waals surface area (Å²) in [5.74, 6) is 0.653. The van der Waals surface area contributed by atoms with Crippen LogP contribution in [0.1, 0.15) is 45.1 Å². The van der Waals surface area contributed by atoms with Gasteiger partial charge in [-0.1, -0.05) is 44.2 Å². The number of nitrogens with zero attached hydrogens (tertiary/aromatic N) is 1. The van der Waals surface area contributed by atoms with Gasteiger partial charge < -0.3 is 4.90 Å². The number of amidine groups is 1. The molecule has 1 aliphatic carbocycles. The molecule has 0 aliphatic heterocycles. The van der Waals surface area contributed by atoms with E-state index in [4.69, 9.17) is 5.41 Å². The quantitative estimate of drug-likeness (QED) is 0.619. The lowest BCUT2D eigenvalue weighted by Crippen LogP contribution is -2.40. The Morgan fingerprint density at radius 2 is 1.72 bits per heavy atom. The van der Waals surface area contributed by atoms with Crippen LogP contribution in [0.25, 0.3) is 0 Å². The van der Waals surface area contributed by atoms with Gasteiger partial charge in [0.15, 0.2) is 0 Å². The van der Waals surface area contributed by atoms with E-state index in [0.29, 0.717) is 17.3 Å². The minimum atomic E-state index is 0.492. The molecule has 1 N–H and O–H groups in total. The van der Waals surface area contributed by atoms with Crippen LogP contribution in [0.15, 0.2) is 30.3 Å². The average Bonchev–Trinajstić information content (AvgIpc) is 2.38. The van der Waals surface area contributed by atoms with Crippen LogP contribution in [0, 0.1) is 10.8 Å². The van der Waals surface area contributed by atoms with Crippen molar-refractivity contribution >= 4 is 5.84 Å². The Morgan fingerprint density at radius 3 is 2.28 bits per heavy atom. The fraction of sp³-hybridized carbons (Fsp3) is 0.562. The molecule has 18 heavy (non-hydrogen) atoms. The molecule has 0 saturated heterocycles. The molecular weight excluding hydrogens is 220 g/mol. The van der Waals surface area contributed by atoms with Crippen molar-refractivity contribution < 1.29 is 0 Å². The average molecular weight is 244 g/mol. The molecule has 1 aromatic rings. The number of hydrogen-bond donors (Lipinski definition) is 1. The molecule has 1 fully saturated rings. The van der Waals surface area contributed by atoms with Gasteiger partial charge in [-0.25, -0.2) is 0 Å². The molecule has 0 aromatic heterocycles. The van der Waals surface area contributed by atoms with Gasteiger partial charge in [-0.15, -0.1) is 0 Å². The summed E-state index contributed by atoms with van der Waals surface area (Å²) < 4.78 is 0. The van der Waals surface area contributed by atoms with E-state index >= 15 is 0 Å². The fourth-order valence-electron chi connectivity index (χ4n) is 2.75. The molecule has 2 rings (SSSR count). The van der Waals surface area contributed by atoms with Crippen molar-refractivity contribution in [3.63, 3.8) is 0 Å². The third kappa shape index (κ3) is 2.92. The molecule has 0 radical (unpaired) electrons. The van der Waals surface area contributed by atoms with Crippen molar-refractivity contribution in [1.29, 1.82) is 5.41 Å². The van der Waals surface area contributed by atoms with Crippen molar-refractivity contribution in [2.45, 2.75) is 45.6 Å². The van der Waals surface area contributed by atoms with Gasteiger partial charge in [-0.3, -0.25) is 5.41 Å². The van der Waals surface area contributed by atoms with Crippen molar-refractivity contribution in [3.8, 4) is 0 Å². The number of hydrogen-bond acceptors (Lipinski definition) is 1. The summed E-state index contributed by atoms with van der Waals surface area (Å²) in [7, 11) is 2.07. The van der Waals surface area contributed by atoms with Crippen LogP contribution in [0.4, 0.5) is 0 Å². The van der Waals surface area contributed by atoms with E-state index in [-0.39, 0.29) is 0 Å². The number of nitrogens with one attached hydrogen (secondary N) is 1. The molecule has 1 aliphatic rings. The highest BCUT2D eigenvalue weighted by atomic mass is 15.2. The molecule has 1 aromatic carbocycles. The zero-order valence-electron chi connectivity index (χ0n) is 11.7. The standard InChI is InChI=1S/C16H24N2/c1-16(2)11-9-14(10-12-16)18(3)15(17)13-7-5-4-6-8-13/h4-8,14,17H,9-12H2,1-3H3. The Labute approximate surface area is 111 Å². The minimum absolute atomic E-state index is 0.492. The third-order valence-corrected chi connectivity index (χ3v) is 4.26. The second-order valence-corrected chi connectivity index (χ2v) is 6.22. The summed E-state index contributed by atoms with van der Waals surface area (Å²) in [6.07, 6.45) is 4.95. The Bertz CT molecular complexity index is 398. The number of rotatable bonds is 2. The third-order valence-electron chi connectivity index (χ3n) is 4.26. The van der Waals surface area contributed by atoms with E-state index in [1.54, 1.807) is 0 Å². The lowest BCUT2D eigenvalue weighted by molar-refractivity contribution is 0.169. The van der Waals surface area contributed by atoms with E-state index in [1.807, 2.05) is 30.3 Å². The van der Waals surface area contributed by atoms with Crippen molar-refractivity contribution in [2.75, 3.05) is 7.05 Å². The van der Waals surface area contributed by atoms with E-state index in [1.165, 1.54) is 25.7 Å². The first kappa shape index (κ1) is 13.1. The van der Waals surface area contributed by atoms with Crippen LogP contribution >= 0.6 is 0 Å². The summed E-state index contributed by atoms with van der Waals surface area (Å²) in [4.78, 5) is 2.16. The van der Waals surface area contributed by atoms with Crippen LogP contribution in [-0.2, 0) is 0 Å². The van der Waals surface area contributed by atoms with Gasteiger partial charge in [-0.05, 0) is 31.1 Å². The maximum atomic E-state index is 8.30. The molecule has 2 nitrogen and oxygen atoms in total. The Kier molecular flexibility index (Phi) is 3.74. The topological polar surface area (TPSA) is 27.1 Å². The molecule has 1 saturated carbocycles. The molecule has 0 spiro atoms. The van der Waals surface area contributed by atoms with E-state index < -0.39 is 0 Å². The van der Waals surface area contributed by atoms with Gasteiger partial charge in [0.05, 0.1) is 0 Å². The Morgan fingerprint density at radius 1 is 1.17 bits per heavy atom. The zero-order chi connectivity index (χ0) is 13.2. The van der Waals surface area contributed by atoms with Crippen LogP contribution in [0.5, 0.6) is 0 Å². The molecule has 0 atom stereocenters. The minimum Gasteiger partial charge on any atom is -0.357 e. The number of benzene rings is 1. The Balaban J connectivity index is 2.00. The Hall–Kier alpha value is -1.31. The predicted molar refractivity (Wildman–Crippen MR) is 77.1 cm³/mol. The monoisotopic (exact) mass is 244 g/mol. The van der Waals surface area contributed by atoms with Gasteiger partial charge in [0.1, 0.15) is 5.84 Å². The first-order chi connectivity index (χ1) is 8.49. The van der Waals surface area contributed by atoms with Crippen LogP contribution < -0.4 is 0 Å². The van der Waals surface area contributed by atoms with Gasteiger partial charge >= 0.3 is 0 Å². The van der Waals surface area contributed by atoms with E-state index in [2.05, 4.69) is 25.8 Å². The molecular formula is C16H24N2. The van der Waals surface area contributed by atoms with Gasteiger partial charge in [0.2, 0.25) is 0 Å². The molecule has 0 bridgehead atoms. The second-order valence-electron chi connectivity index (χ2n) is 6.22. The molecule has 0 heterocycles. The fourth-order valence-corrected chi connectivity index (χ4v) is 2.75. The first-order valence-electron chi connectivity index (χ1n) is 6.86. The molecule has 98 valence electrons. The van der Waals surface area contributed by atoms with E-state index in [9.17, 15) is 0 Å². The first-order valence-corrected chi connectivity index (χ1v) is 6.86. The largest absolute Gasteiger partial charge is 0.357 e. The maximum absolute atomic E-state index is 8.30. The summed E-state index contributed by atoms with van der Waals surface area (Å²) in [5, 5.41) is 8.30. The van der Waals surface area contributed by atoms with Gasteiger partial charge in [0, 0.05) is 18.7 Å². The van der Waals surface area contributed by atoms with Gasteiger partial charge in [-0.2, -0.15) is 0 Å². The van der Waals surface area contributed by atoms with Crippen molar-refractivity contribution in [1.82, 2.24) is 4.90 Å². The molecule has 0 amide bonds. The van der Waals surface area contributed by atoms with Crippen LogP contribution in [-0.4, -0.2) is 23.8 Å². The van der Waals surface area contributed by atoms with Crippen molar-refractivity contribution in [2.24, 2.45) is 5.41 Å². The predicted octanol–water partition coefficient (Wildman–Crippen LogP) is 3.91. The van der Waals surface area contributed by atoms with Gasteiger partial charge in [0.25, 0.3) is 0 Å². The highest BCUT2D eigenvalue weighted by molar-refractivity contribution is 5.96. The summed E-state index contributed by atoms with van der Waals surface area (Å²) >= 11 is 0. The lowest BCUT2D eigenvalue weighted by Gasteiger charge is -2.39.